The van der Waals surface area contributed by atoms with Crippen LogP contribution in [0.5, 0.6) is 0 Å². The van der Waals surface area contributed by atoms with Gasteiger partial charge in [0.1, 0.15) is 6.23 Å². The average Bonchev–Trinajstić information content (AvgIpc) is 1.72. The van der Waals surface area contributed by atoms with Crippen molar-refractivity contribution in [2.75, 3.05) is 14.1 Å². The second-order valence-electron chi connectivity index (χ2n) is 1.60. The van der Waals surface area contributed by atoms with Gasteiger partial charge in [0.25, 0.3) is 0 Å². The zero-order chi connectivity index (χ0) is 7.15. The predicted octanol–water partition coefficient (Wildman–Crippen LogP) is -1.29. The van der Waals surface area contributed by atoms with E-state index in [1.807, 2.05) is 14.1 Å². The van der Waals surface area contributed by atoms with Gasteiger partial charge in [-0.05, 0) is 21.0 Å². The van der Waals surface area contributed by atoms with E-state index >= 15 is 0 Å². The van der Waals surface area contributed by atoms with Gasteiger partial charge in [0.2, 0.25) is 0 Å². The molecule has 0 aromatic heterocycles. The summed E-state index contributed by atoms with van der Waals surface area (Å²) in [5.41, 5.74) is 0. The number of nitrogens with zero attached hydrogens (tertiary/aromatic N) is 1. The molecule has 0 radical (unpaired) electrons. The van der Waals surface area contributed by atoms with Gasteiger partial charge in [0.05, 0.1) is 0 Å². The molecule has 0 aliphatic carbocycles. The van der Waals surface area contributed by atoms with Crippen LogP contribution in [0.1, 0.15) is 6.92 Å². The first kappa shape index (κ1) is 10.8. The summed E-state index contributed by atoms with van der Waals surface area (Å²) < 4.78 is 0. The van der Waals surface area contributed by atoms with E-state index in [-0.39, 0.29) is 6.23 Å². The summed E-state index contributed by atoms with van der Waals surface area (Å²) in [6, 6.07) is 0. The Morgan fingerprint density at radius 2 is 1.50 bits per heavy atom. The molecule has 0 aromatic rings. The molecular formula is C4H15N3O. The molecule has 5 N–H and O–H groups in total. The molecule has 0 bridgehead atoms. The molecule has 0 rings (SSSR count). The topological polar surface area (TPSA) is 75.5 Å². The molecule has 1 atom stereocenters. The van der Waals surface area contributed by atoms with Crippen molar-refractivity contribution in [3.05, 3.63) is 0 Å². The molecule has 0 heterocycles. The lowest BCUT2D eigenvalue weighted by Crippen LogP contribution is -2.23. The van der Waals surface area contributed by atoms with E-state index in [0.29, 0.717) is 0 Å². The number of rotatable bonds is 1. The van der Waals surface area contributed by atoms with Crippen molar-refractivity contribution >= 4 is 0 Å². The molecule has 0 aromatic carbocycles. The summed E-state index contributed by atoms with van der Waals surface area (Å²) in [5.74, 6) is 8.00. The minimum Gasteiger partial charge on any atom is -0.379 e. The van der Waals surface area contributed by atoms with Crippen LogP contribution in [0.3, 0.4) is 0 Å². The average molecular weight is 121 g/mol. The third kappa shape index (κ3) is 9.28. The summed E-state index contributed by atoms with van der Waals surface area (Å²) >= 11 is 0. The Kier molecular flexibility index (Phi) is 9.20. The van der Waals surface area contributed by atoms with Crippen LogP contribution in [0.4, 0.5) is 0 Å². The first-order valence-corrected chi connectivity index (χ1v) is 2.32. The molecule has 4 heteroatoms. The van der Waals surface area contributed by atoms with Crippen LogP contribution in [0.25, 0.3) is 0 Å². The highest BCUT2D eigenvalue weighted by atomic mass is 16.3. The van der Waals surface area contributed by atoms with Crippen LogP contribution in [-0.4, -0.2) is 30.3 Å². The zero-order valence-corrected chi connectivity index (χ0v) is 5.63. The number of hydrogen-bond acceptors (Lipinski definition) is 4. The van der Waals surface area contributed by atoms with Crippen LogP contribution in [0, 0.1) is 0 Å². The fraction of sp³-hybridized carbons (Fsp3) is 1.00. The predicted molar refractivity (Wildman–Crippen MR) is 33.7 cm³/mol. The van der Waals surface area contributed by atoms with Crippen LogP contribution in [-0.2, 0) is 0 Å². The Morgan fingerprint density at radius 3 is 1.50 bits per heavy atom. The van der Waals surface area contributed by atoms with E-state index in [0.717, 1.165) is 0 Å². The maximum atomic E-state index is 8.56. The van der Waals surface area contributed by atoms with E-state index in [1.54, 1.807) is 11.8 Å². The molecule has 52 valence electrons. The van der Waals surface area contributed by atoms with E-state index in [4.69, 9.17) is 5.11 Å². The van der Waals surface area contributed by atoms with E-state index in [2.05, 4.69) is 11.7 Å². The van der Waals surface area contributed by atoms with Crippen molar-refractivity contribution in [2.45, 2.75) is 13.2 Å². The zero-order valence-electron chi connectivity index (χ0n) is 5.63. The van der Waals surface area contributed by atoms with E-state index < -0.39 is 0 Å². The first-order chi connectivity index (χ1) is 3.64. The number of nitrogens with two attached hydrogens (primary N) is 2. The molecule has 0 aliphatic rings. The fourth-order valence-corrected chi connectivity index (χ4v) is 0. The van der Waals surface area contributed by atoms with Crippen molar-refractivity contribution in [1.29, 1.82) is 0 Å². The van der Waals surface area contributed by atoms with Crippen LogP contribution < -0.4 is 11.7 Å². The summed E-state index contributed by atoms with van der Waals surface area (Å²) in [4.78, 5) is 1.72. The Bertz CT molecular complexity index is 32.3. The van der Waals surface area contributed by atoms with Crippen molar-refractivity contribution in [3.63, 3.8) is 0 Å². The lowest BCUT2D eigenvalue weighted by atomic mass is 10.6. The summed E-state index contributed by atoms with van der Waals surface area (Å²) in [5, 5.41) is 8.56. The molecular weight excluding hydrogens is 106 g/mol. The van der Waals surface area contributed by atoms with E-state index in [9.17, 15) is 0 Å². The monoisotopic (exact) mass is 121 g/mol. The second-order valence-corrected chi connectivity index (χ2v) is 1.60. The molecule has 8 heavy (non-hydrogen) atoms. The van der Waals surface area contributed by atoms with Crippen LogP contribution >= 0.6 is 0 Å². The smallest absolute Gasteiger partial charge is 0.104 e. The fourth-order valence-electron chi connectivity index (χ4n) is 0. The highest BCUT2D eigenvalue weighted by molar-refractivity contribution is 4.35. The lowest BCUT2D eigenvalue weighted by molar-refractivity contribution is 0.0578. The second kappa shape index (κ2) is 6.84. The van der Waals surface area contributed by atoms with Crippen molar-refractivity contribution < 1.29 is 5.11 Å². The largest absolute Gasteiger partial charge is 0.379 e. The molecule has 0 aliphatic heterocycles. The minimum absolute atomic E-state index is 0.315. The Morgan fingerprint density at radius 1 is 1.38 bits per heavy atom. The third-order valence-corrected chi connectivity index (χ3v) is 0.747. The van der Waals surface area contributed by atoms with Gasteiger partial charge in [-0.15, -0.1) is 0 Å². The maximum absolute atomic E-state index is 8.56. The Labute approximate surface area is 50.0 Å². The molecule has 0 spiro atoms. The molecule has 0 saturated carbocycles. The quantitative estimate of drug-likeness (QED) is 0.229. The minimum atomic E-state index is -0.315. The van der Waals surface area contributed by atoms with Gasteiger partial charge >= 0.3 is 0 Å². The van der Waals surface area contributed by atoms with Gasteiger partial charge < -0.3 is 5.11 Å². The number of hydrogen-bond donors (Lipinski definition) is 3. The van der Waals surface area contributed by atoms with Gasteiger partial charge in [0.15, 0.2) is 0 Å². The van der Waals surface area contributed by atoms with Crippen molar-refractivity contribution in [3.8, 4) is 0 Å². The number of hydrazine groups is 1. The maximum Gasteiger partial charge on any atom is 0.104 e. The molecule has 0 fully saturated rings. The number of aliphatic hydroxyl groups is 1. The van der Waals surface area contributed by atoms with Gasteiger partial charge in [-0.2, -0.15) is 0 Å². The highest BCUT2D eigenvalue weighted by Gasteiger charge is 1.92. The summed E-state index contributed by atoms with van der Waals surface area (Å²) in [6.07, 6.45) is -0.315. The van der Waals surface area contributed by atoms with Crippen molar-refractivity contribution in [1.82, 2.24) is 4.90 Å². The molecule has 0 saturated heterocycles. The Balaban J connectivity index is 0. The number of aliphatic hydroxyl groups excluding tert-OH is 1. The van der Waals surface area contributed by atoms with Gasteiger partial charge in [-0.25, -0.2) is 0 Å². The summed E-state index contributed by atoms with van der Waals surface area (Å²) in [7, 11) is 3.65. The third-order valence-electron chi connectivity index (χ3n) is 0.747. The molecule has 1 unspecified atom stereocenters. The van der Waals surface area contributed by atoms with Gasteiger partial charge in [-0.1, -0.05) is 0 Å². The molecule has 4 nitrogen and oxygen atoms in total. The SMILES string of the molecule is CC(O)N(C)C.NN. The van der Waals surface area contributed by atoms with Gasteiger partial charge in [0, 0.05) is 0 Å². The summed E-state index contributed by atoms with van der Waals surface area (Å²) in [6.45, 7) is 1.72. The van der Waals surface area contributed by atoms with Crippen LogP contribution in [0.15, 0.2) is 0 Å². The van der Waals surface area contributed by atoms with Crippen molar-refractivity contribution in [2.24, 2.45) is 11.7 Å². The normalized spacial score (nSPS) is 12.4. The van der Waals surface area contributed by atoms with Crippen LogP contribution in [0.2, 0.25) is 0 Å². The Hall–Kier alpha value is -0.160. The highest BCUT2D eigenvalue weighted by Crippen LogP contribution is 1.79. The van der Waals surface area contributed by atoms with E-state index in [1.165, 1.54) is 0 Å². The molecule has 0 amide bonds. The first-order valence-electron chi connectivity index (χ1n) is 2.32. The lowest BCUT2D eigenvalue weighted by Gasteiger charge is -2.11. The standard InChI is InChI=1S/C4H11NO.H4N2/c1-4(6)5(2)3;1-2/h4,6H,1-3H3;1-2H2. The van der Waals surface area contributed by atoms with Gasteiger partial charge in [-0.3, -0.25) is 16.6 Å².